The molecule has 1 aromatic carbocycles. The predicted molar refractivity (Wildman–Crippen MR) is 112 cm³/mol. The van der Waals surface area contributed by atoms with Crippen LogP contribution < -0.4 is 5.32 Å². The standard InChI is InChI=1S/C22H25N3O3S/c1-22(10-5-11-25(22)20(27)16-6-3-2-4-7-16)21(28)23-14-19(26)24-12-8-18-17(15-24)9-13-29-18/h2-4,6-7,9,13H,5,8,10-12,14-15H2,1H3,(H,23,28). The van der Waals surface area contributed by atoms with Crippen LogP contribution in [0.3, 0.4) is 0 Å². The topological polar surface area (TPSA) is 69.7 Å². The lowest BCUT2D eigenvalue weighted by Crippen LogP contribution is -2.56. The van der Waals surface area contributed by atoms with Crippen LogP contribution in [0.5, 0.6) is 0 Å². The largest absolute Gasteiger partial charge is 0.345 e. The van der Waals surface area contributed by atoms with Gasteiger partial charge in [-0.15, -0.1) is 11.3 Å². The molecular formula is C22H25N3O3S. The van der Waals surface area contributed by atoms with E-state index in [4.69, 9.17) is 0 Å². The van der Waals surface area contributed by atoms with Gasteiger partial charge in [-0.05, 0) is 55.3 Å². The van der Waals surface area contributed by atoms with E-state index in [2.05, 4.69) is 16.8 Å². The van der Waals surface area contributed by atoms with Crippen molar-refractivity contribution < 1.29 is 14.4 Å². The second-order valence-electron chi connectivity index (χ2n) is 7.82. The molecule has 4 rings (SSSR count). The molecule has 1 atom stereocenters. The molecule has 29 heavy (non-hydrogen) atoms. The molecular weight excluding hydrogens is 386 g/mol. The third kappa shape index (κ3) is 3.79. The summed E-state index contributed by atoms with van der Waals surface area (Å²) < 4.78 is 0. The lowest BCUT2D eigenvalue weighted by molar-refractivity contribution is -0.136. The highest BCUT2D eigenvalue weighted by molar-refractivity contribution is 7.10. The van der Waals surface area contributed by atoms with Gasteiger partial charge in [0.05, 0.1) is 6.54 Å². The number of rotatable bonds is 4. The van der Waals surface area contributed by atoms with E-state index in [-0.39, 0.29) is 24.3 Å². The van der Waals surface area contributed by atoms with E-state index in [1.54, 1.807) is 40.2 Å². The van der Waals surface area contributed by atoms with Gasteiger partial charge in [0.2, 0.25) is 11.8 Å². The molecule has 2 aromatic rings. The number of benzene rings is 1. The average molecular weight is 412 g/mol. The zero-order valence-electron chi connectivity index (χ0n) is 16.5. The molecule has 0 bridgehead atoms. The molecule has 152 valence electrons. The first-order chi connectivity index (χ1) is 14.0. The fourth-order valence-electron chi connectivity index (χ4n) is 4.18. The number of carbonyl (C=O) groups is 3. The van der Waals surface area contributed by atoms with Crippen molar-refractivity contribution in [3.05, 3.63) is 57.8 Å². The number of hydrogen-bond donors (Lipinski definition) is 1. The van der Waals surface area contributed by atoms with E-state index in [1.807, 2.05) is 18.2 Å². The van der Waals surface area contributed by atoms with Crippen molar-refractivity contribution in [2.24, 2.45) is 0 Å². The van der Waals surface area contributed by atoms with E-state index in [9.17, 15) is 14.4 Å². The Morgan fingerprint density at radius 2 is 1.93 bits per heavy atom. The van der Waals surface area contributed by atoms with Gasteiger partial charge in [-0.1, -0.05) is 18.2 Å². The normalized spacial score (nSPS) is 21.0. The second kappa shape index (κ2) is 7.99. The number of likely N-dealkylation sites (tertiary alicyclic amines) is 1. The molecule has 2 aliphatic rings. The lowest BCUT2D eigenvalue weighted by atomic mass is 9.96. The van der Waals surface area contributed by atoms with Crippen molar-refractivity contribution in [3.8, 4) is 0 Å². The molecule has 0 saturated carbocycles. The summed E-state index contributed by atoms with van der Waals surface area (Å²) in [5.74, 6) is -0.494. The third-order valence-corrected chi connectivity index (χ3v) is 6.98. The summed E-state index contributed by atoms with van der Waals surface area (Å²) in [6, 6.07) is 11.1. The Bertz CT molecular complexity index is 926. The molecule has 7 heteroatoms. The minimum Gasteiger partial charge on any atom is -0.345 e. The summed E-state index contributed by atoms with van der Waals surface area (Å²) >= 11 is 1.73. The van der Waals surface area contributed by atoms with Crippen LogP contribution in [0.1, 0.15) is 40.6 Å². The highest BCUT2D eigenvalue weighted by Gasteiger charge is 2.45. The summed E-state index contributed by atoms with van der Waals surface area (Å²) in [7, 11) is 0. The first-order valence-electron chi connectivity index (χ1n) is 9.97. The Kier molecular flexibility index (Phi) is 5.41. The Hall–Kier alpha value is -2.67. The van der Waals surface area contributed by atoms with Gasteiger partial charge in [0.1, 0.15) is 5.54 Å². The highest BCUT2D eigenvalue weighted by Crippen LogP contribution is 2.31. The smallest absolute Gasteiger partial charge is 0.254 e. The molecule has 0 aliphatic carbocycles. The van der Waals surface area contributed by atoms with E-state index in [0.29, 0.717) is 31.6 Å². The number of fused-ring (bicyclic) bond motifs is 1. The maximum atomic E-state index is 13.0. The lowest BCUT2D eigenvalue weighted by Gasteiger charge is -2.34. The van der Waals surface area contributed by atoms with Crippen molar-refractivity contribution in [2.75, 3.05) is 19.6 Å². The Balaban J connectivity index is 1.38. The van der Waals surface area contributed by atoms with E-state index >= 15 is 0 Å². The monoisotopic (exact) mass is 411 g/mol. The van der Waals surface area contributed by atoms with Crippen molar-refractivity contribution in [1.29, 1.82) is 0 Å². The maximum absolute atomic E-state index is 13.0. The molecule has 6 nitrogen and oxygen atoms in total. The molecule has 2 aliphatic heterocycles. The van der Waals surface area contributed by atoms with Crippen LogP contribution in [-0.2, 0) is 22.6 Å². The minimum absolute atomic E-state index is 0.0404. The van der Waals surface area contributed by atoms with Crippen LogP contribution in [-0.4, -0.2) is 52.7 Å². The summed E-state index contributed by atoms with van der Waals surface area (Å²) in [4.78, 5) is 43.3. The number of carbonyl (C=O) groups excluding carboxylic acids is 3. The molecule has 1 unspecified atom stereocenters. The van der Waals surface area contributed by atoms with E-state index in [0.717, 1.165) is 12.8 Å². The molecule has 0 spiro atoms. The molecule has 0 radical (unpaired) electrons. The van der Waals surface area contributed by atoms with Gasteiger partial charge >= 0.3 is 0 Å². The van der Waals surface area contributed by atoms with Gasteiger partial charge < -0.3 is 15.1 Å². The van der Waals surface area contributed by atoms with Crippen LogP contribution in [0.25, 0.3) is 0 Å². The Labute approximate surface area is 174 Å². The SMILES string of the molecule is CC1(C(=O)NCC(=O)N2CCc3sccc3C2)CCCN1C(=O)c1ccccc1. The van der Waals surface area contributed by atoms with Gasteiger partial charge in [0, 0.05) is 30.1 Å². The van der Waals surface area contributed by atoms with Crippen molar-refractivity contribution in [1.82, 2.24) is 15.1 Å². The summed E-state index contributed by atoms with van der Waals surface area (Å²) in [6.07, 6.45) is 2.22. The number of nitrogens with one attached hydrogen (secondary N) is 1. The van der Waals surface area contributed by atoms with Crippen molar-refractivity contribution in [2.45, 2.75) is 38.3 Å². The second-order valence-corrected chi connectivity index (χ2v) is 8.82. The molecule has 3 amide bonds. The van der Waals surface area contributed by atoms with Gasteiger partial charge in [-0.3, -0.25) is 14.4 Å². The fraction of sp³-hybridized carbons (Fsp3) is 0.409. The van der Waals surface area contributed by atoms with Crippen molar-refractivity contribution in [3.63, 3.8) is 0 Å². The first-order valence-corrected chi connectivity index (χ1v) is 10.9. The molecule has 3 heterocycles. The summed E-state index contributed by atoms with van der Waals surface area (Å²) in [5, 5.41) is 4.85. The number of amides is 3. The molecule has 1 fully saturated rings. The van der Waals surface area contributed by atoms with Gasteiger partial charge in [0.15, 0.2) is 0 Å². The van der Waals surface area contributed by atoms with Crippen molar-refractivity contribution >= 4 is 29.1 Å². The van der Waals surface area contributed by atoms with Gasteiger partial charge in [-0.25, -0.2) is 0 Å². The Morgan fingerprint density at radius 1 is 1.14 bits per heavy atom. The molecule has 1 N–H and O–H groups in total. The zero-order valence-corrected chi connectivity index (χ0v) is 17.3. The number of hydrogen-bond acceptors (Lipinski definition) is 4. The predicted octanol–water partition coefficient (Wildman–Crippen LogP) is 2.44. The first kappa shape index (κ1) is 19.6. The number of thiophene rings is 1. The van der Waals surface area contributed by atoms with Crippen LogP contribution >= 0.6 is 11.3 Å². The quantitative estimate of drug-likeness (QED) is 0.840. The molecule has 1 saturated heterocycles. The molecule has 1 aromatic heterocycles. The highest BCUT2D eigenvalue weighted by atomic mass is 32.1. The summed E-state index contributed by atoms with van der Waals surface area (Å²) in [6.45, 7) is 3.57. The van der Waals surface area contributed by atoms with Crippen LogP contribution in [0.15, 0.2) is 41.8 Å². The zero-order chi connectivity index (χ0) is 20.4. The van der Waals surface area contributed by atoms with Crippen LogP contribution in [0.4, 0.5) is 0 Å². The van der Waals surface area contributed by atoms with Gasteiger partial charge in [0.25, 0.3) is 5.91 Å². The fourth-order valence-corrected chi connectivity index (χ4v) is 5.07. The minimum atomic E-state index is -0.935. The van der Waals surface area contributed by atoms with Gasteiger partial charge in [-0.2, -0.15) is 0 Å². The summed E-state index contributed by atoms with van der Waals surface area (Å²) in [5.41, 5.74) is 0.836. The van der Waals surface area contributed by atoms with E-state index in [1.165, 1.54) is 10.4 Å². The number of nitrogens with zero attached hydrogens (tertiary/aromatic N) is 2. The van der Waals surface area contributed by atoms with Crippen LogP contribution in [0.2, 0.25) is 0 Å². The van der Waals surface area contributed by atoms with Crippen LogP contribution in [0, 0.1) is 0 Å². The third-order valence-electron chi connectivity index (χ3n) is 5.96. The Morgan fingerprint density at radius 3 is 2.72 bits per heavy atom. The maximum Gasteiger partial charge on any atom is 0.254 e. The average Bonchev–Trinajstić information content (AvgIpc) is 3.38. The van der Waals surface area contributed by atoms with E-state index < -0.39 is 5.54 Å².